The van der Waals surface area contributed by atoms with Gasteiger partial charge in [-0.3, -0.25) is 14.7 Å². The minimum Gasteiger partial charge on any atom is -0.327 e. The maximum absolute atomic E-state index is 12.6. The summed E-state index contributed by atoms with van der Waals surface area (Å²) in [7, 11) is 0. The summed E-state index contributed by atoms with van der Waals surface area (Å²) in [6, 6.07) is 6.63. The highest BCUT2D eigenvalue weighted by Gasteiger charge is 2.35. The van der Waals surface area contributed by atoms with Gasteiger partial charge in [-0.15, -0.1) is 0 Å². The molecule has 0 aliphatic carbocycles. The second kappa shape index (κ2) is 6.65. The number of amides is 2. The number of nitrogens with one attached hydrogen (secondary N) is 2. The number of H-pyrrole nitrogens is 1. The minimum absolute atomic E-state index is 0.110. The van der Waals surface area contributed by atoms with Crippen molar-refractivity contribution in [2.75, 3.05) is 11.9 Å². The van der Waals surface area contributed by atoms with Gasteiger partial charge in [-0.1, -0.05) is 17.7 Å². The molecule has 0 radical (unpaired) electrons. The van der Waals surface area contributed by atoms with Crippen molar-refractivity contribution in [3.05, 3.63) is 46.2 Å². The van der Waals surface area contributed by atoms with Gasteiger partial charge in [-0.2, -0.15) is 5.10 Å². The maximum atomic E-state index is 12.6. The van der Waals surface area contributed by atoms with E-state index in [4.69, 9.17) is 11.6 Å². The fourth-order valence-electron chi connectivity index (χ4n) is 3.24. The summed E-state index contributed by atoms with van der Waals surface area (Å²) in [5, 5.41) is 10.3. The van der Waals surface area contributed by atoms with Gasteiger partial charge in [0.2, 0.25) is 0 Å². The topological polar surface area (TPSA) is 78.1 Å². The molecule has 2 aromatic rings. The molecule has 3 rings (SSSR count). The lowest BCUT2D eigenvalue weighted by Crippen LogP contribution is -2.39. The molecule has 2 heterocycles. The number of aromatic nitrogens is 2. The van der Waals surface area contributed by atoms with Gasteiger partial charge in [0.1, 0.15) is 0 Å². The van der Waals surface area contributed by atoms with Gasteiger partial charge in [0, 0.05) is 28.5 Å². The molecule has 6 nitrogen and oxygen atoms in total. The molecule has 0 saturated carbocycles. The Kier molecular flexibility index (Phi) is 4.57. The first kappa shape index (κ1) is 16.5. The van der Waals surface area contributed by atoms with Crippen molar-refractivity contribution in [3.8, 4) is 0 Å². The summed E-state index contributed by atoms with van der Waals surface area (Å²) in [6.07, 6.45) is 1.70. The zero-order valence-corrected chi connectivity index (χ0v) is 14.4. The van der Waals surface area contributed by atoms with Crippen LogP contribution in [-0.4, -0.2) is 33.5 Å². The fourth-order valence-corrected chi connectivity index (χ4v) is 3.43. The summed E-state index contributed by atoms with van der Waals surface area (Å²) < 4.78 is 0. The van der Waals surface area contributed by atoms with Crippen molar-refractivity contribution >= 4 is 29.1 Å². The lowest BCUT2D eigenvalue weighted by Gasteiger charge is -2.24. The van der Waals surface area contributed by atoms with Crippen molar-refractivity contribution in [1.29, 1.82) is 0 Å². The van der Waals surface area contributed by atoms with Crippen LogP contribution in [0.4, 0.5) is 5.69 Å². The van der Waals surface area contributed by atoms with E-state index in [0.717, 1.165) is 29.8 Å². The summed E-state index contributed by atoms with van der Waals surface area (Å²) in [5.41, 5.74) is 3.32. The first-order valence-corrected chi connectivity index (χ1v) is 8.24. The Hall–Kier alpha value is -2.34. The number of aromatic amines is 1. The predicted octanol–water partition coefficient (Wildman–Crippen LogP) is 2.98. The average Bonchev–Trinajstić information content (AvgIpc) is 3.13. The smallest absolute Gasteiger partial charge is 0.313 e. The lowest BCUT2D eigenvalue weighted by molar-refractivity contribution is -0.143. The molecule has 0 spiro atoms. The van der Waals surface area contributed by atoms with E-state index in [1.807, 2.05) is 13.8 Å². The molecular formula is C17H19ClN4O2. The number of hydrogen-bond donors (Lipinski definition) is 2. The monoisotopic (exact) mass is 346 g/mol. The van der Waals surface area contributed by atoms with Crippen LogP contribution in [0, 0.1) is 13.8 Å². The molecular weight excluding hydrogens is 328 g/mol. The van der Waals surface area contributed by atoms with Crippen LogP contribution in [0.1, 0.15) is 35.8 Å². The van der Waals surface area contributed by atoms with Crippen molar-refractivity contribution in [2.24, 2.45) is 0 Å². The van der Waals surface area contributed by atoms with Gasteiger partial charge < -0.3 is 10.2 Å². The largest absolute Gasteiger partial charge is 0.327 e. The molecule has 1 aliphatic rings. The molecule has 2 amide bonds. The first-order chi connectivity index (χ1) is 11.5. The average molecular weight is 347 g/mol. The van der Waals surface area contributed by atoms with Crippen LogP contribution in [0.3, 0.4) is 0 Å². The van der Waals surface area contributed by atoms with Gasteiger partial charge in [0.15, 0.2) is 0 Å². The third-order valence-electron chi connectivity index (χ3n) is 4.31. The Labute approximate surface area is 145 Å². The number of hydrogen-bond acceptors (Lipinski definition) is 3. The van der Waals surface area contributed by atoms with E-state index in [-0.39, 0.29) is 6.04 Å². The zero-order valence-electron chi connectivity index (χ0n) is 13.6. The number of aryl methyl sites for hydroxylation is 2. The van der Waals surface area contributed by atoms with E-state index in [1.54, 1.807) is 29.2 Å². The van der Waals surface area contributed by atoms with Crippen LogP contribution in [0.25, 0.3) is 0 Å². The minimum atomic E-state index is -0.650. The number of nitrogens with zero attached hydrogens (tertiary/aromatic N) is 2. The van der Waals surface area contributed by atoms with Crippen molar-refractivity contribution in [2.45, 2.75) is 32.7 Å². The van der Waals surface area contributed by atoms with Crippen LogP contribution in [0.5, 0.6) is 0 Å². The van der Waals surface area contributed by atoms with E-state index < -0.39 is 11.8 Å². The molecule has 1 atom stereocenters. The molecule has 0 unspecified atom stereocenters. The predicted molar refractivity (Wildman–Crippen MR) is 91.8 cm³/mol. The normalized spacial score (nSPS) is 17.1. The van der Waals surface area contributed by atoms with E-state index in [1.165, 1.54) is 0 Å². The lowest BCUT2D eigenvalue weighted by atomic mass is 10.0. The van der Waals surface area contributed by atoms with Gasteiger partial charge >= 0.3 is 11.8 Å². The maximum Gasteiger partial charge on any atom is 0.313 e. The molecule has 2 N–H and O–H groups in total. The highest BCUT2D eigenvalue weighted by molar-refractivity contribution is 6.39. The highest BCUT2D eigenvalue weighted by atomic mass is 35.5. The number of benzene rings is 1. The highest BCUT2D eigenvalue weighted by Crippen LogP contribution is 2.34. The van der Waals surface area contributed by atoms with E-state index in [9.17, 15) is 9.59 Å². The van der Waals surface area contributed by atoms with Crippen LogP contribution in [0.2, 0.25) is 5.02 Å². The van der Waals surface area contributed by atoms with Crippen molar-refractivity contribution in [3.63, 3.8) is 0 Å². The van der Waals surface area contributed by atoms with Gasteiger partial charge in [-0.05, 0) is 44.9 Å². The number of rotatable bonds is 2. The molecule has 1 aromatic carbocycles. The zero-order chi connectivity index (χ0) is 17.3. The van der Waals surface area contributed by atoms with Crippen LogP contribution in [-0.2, 0) is 9.59 Å². The van der Waals surface area contributed by atoms with Crippen molar-refractivity contribution in [1.82, 2.24) is 15.1 Å². The number of halogens is 1. The Bertz CT molecular complexity index is 767. The van der Waals surface area contributed by atoms with E-state index in [0.29, 0.717) is 17.3 Å². The van der Waals surface area contributed by atoms with Crippen LogP contribution < -0.4 is 5.32 Å². The quantitative estimate of drug-likeness (QED) is 0.820. The Morgan fingerprint density at radius 3 is 2.83 bits per heavy atom. The van der Waals surface area contributed by atoms with Gasteiger partial charge in [-0.25, -0.2) is 0 Å². The molecule has 126 valence electrons. The fraction of sp³-hybridized carbons (Fsp3) is 0.353. The second-order valence-corrected chi connectivity index (χ2v) is 6.41. The molecule has 1 fully saturated rings. The number of anilines is 1. The summed E-state index contributed by atoms with van der Waals surface area (Å²) in [4.78, 5) is 26.6. The van der Waals surface area contributed by atoms with E-state index in [2.05, 4.69) is 15.5 Å². The van der Waals surface area contributed by atoms with Gasteiger partial charge in [0.25, 0.3) is 0 Å². The third kappa shape index (κ3) is 3.14. The molecule has 7 heteroatoms. The van der Waals surface area contributed by atoms with Crippen molar-refractivity contribution < 1.29 is 9.59 Å². The molecule has 1 aromatic heterocycles. The second-order valence-electron chi connectivity index (χ2n) is 5.97. The molecule has 0 bridgehead atoms. The Morgan fingerprint density at radius 1 is 1.38 bits per heavy atom. The summed E-state index contributed by atoms with van der Waals surface area (Å²) in [5.74, 6) is -1.18. The van der Waals surface area contributed by atoms with Crippen LogP contribution in [0.15, 0.2) is 24.3 Å². The number of carbonyl (C=O) groups excluding carboxylic acids is 2. The summed E-state index contributed by atoms with van der Waals surface area (Å²) >= 11 is 5.90. The van der Waals surface area contributed by atoms with E-state index >= 15 is 0 Å². The Morgan fingerprint density at radius 2 is 2.17 bits per heavy atom. The number of carbonyl (C=O) groups is 2. The number of likely N-dealkylation sites (tertiary alicyclic amines) is 1. The third-order valence-corrected chi connectivity index (χ3v) is 4.54. The SMILES string of the molecule is Cc1n[nH]c(C)c1[C@H]1CCCN1C(=O)C(=O)Nc1cccc(Cl)c1. The first-order valence-electron chi connectivity index (χ1n) is 7.86. The summed E-state index contributed by atoms with van der Waals surface area (Å²) in [6.45, 7) is 4.41. The Balaban J connectivity index is 1.77. The molecule has 1 aliphatic heterocycles. The van der Waals surface area contributed by atoms with Gasteiger partial charge in [0.05, 0.1) is 11.7 Å². The molecule has 24 heavy (non-hydrogen) atoms. The standard InChI is InChI=1S/C17H19ClN4O2/c1-10-15(11(2)21-20-10)14-7-4-8-22(14)17(24)16(23)19-13-6-3-5-12(18)9-13/h3,5-6,9,14H,4,7-8H2,1-2H3,(H,19,23)(H,20,21)/t14-/m1/s1. The molecule has 1 saturated heterocycles. The van der Waals surface area contributed by atoms with Crippen LogP contribution >= 0.6 is 11.6 Å².